The molecule has 2 atom stereocenters. The summed E-state index contributed by atoms with van der Waals surface area (Å²) in [5.41, 5.74) is 1.93. The average molecular weight is 275 g/mol. The number of hydrogen-bond donors (Lipinski definition) is 3. The Hall–Kier alpha value is -1.71. The van der Waals surface area contributed by atoms with Crippen molar-refractivity contribution in [2.75, 3.05) is 17.7 Å². The van der Waals surface area contributed by atoms with E-state index in [1.165, 1.54) is 19.3 Å². The van der Waals surface area contributed by atoms with Crippen LogP contribution in [0.2, 0.25) is 0 Å². The first-order chi connectivity index (χ1) is 9.60. The molecule has 0 radical (unpaired) electrons. The van der Waals surface area contributed by atoms with Gasteiger partial charge in [-0.25, -0.2) is 4.79 Å². The van der Waals surface area contributed by atoms with Crippen LogP contribution in [0.4, 0.5) is 16.2 Å². The molecule has 1 fully saturated rings. The van der Waals surface area contributed by atoms with Gasteiger partial charge < -0.3 is 16.0 Å². The summed E-state index contributed by atoms with van der Waals surface area (Å²) in [6.45, 7) is 4.66. The summed E-state index contributed by atoms with van der Waals surface area (Å²) in [5, 5.41) is 8.95. The third kappa shape index (κ3) is 3.65. The maximum Gasteiger partial charge on any atom is 0.318 e. The fourth-order valence-electron chi connectivity index (χ4n) is 3.00. The molecule has 0 aliphatic heterocycles. The first-order valence-electron chi connectivity index (χ1n) is 7.45. The summed E-state index contributed by atoms with van der Waals surface area (Å²) in [6.07, 6.45) is 3.95. The van der Waals surface area contributed by atoms with Crippen LogP contribution in [-0.2, 0) is 0 Å². The number of benzene rings is 1. The number of carbonyl (C=O) groups is 1. The zero-order valence-corrected chi connectivity index (χ0v) is 12.6. The normalized spacial score (nSPS) is 25.9. The minimum atomic E-state index is -0.194. The monoisotopic (exact) mass is 275 g/mol. The number of hydrogen-bond acceptors (Lipinski definition) is 2. The molecular formula is C16H25N3O. The maximum absolute atomic E-state index is 11.2. The van der Waals surface area contributed by atoms with Crippen LogP contribution in [0.15, 0.2) is 24.3 Å². The Morgan fingerprint density at radius 2 is 1.60 bits per heavy atom. The number of anilines is 2. The predicted molar refractivity (Wildman–Crippen MR) is 84.1 cm³/mol. The van der Waals surface area contributed by atoms with Gasteiger partial charge in [-0.3, -0.25) is 0 Å². The number of rotatable bonds is 3. The molecular weight excluding hydrogens is 250 g/mol. The highest BCUT2D eigenvalue weighted by Gasteiger charge is 2.27. The average Bonchev–Trinajstić information content (AvgIpc) is 2.44. The van der Waals surface area contributed by atoms with Gasteiger partial charge in [-0.15, -0.1) is 0 Å². The fraction of sp³-hybridized carbons (Fsp3) is 0.562. The lowest BCUT2D eigenvalue weighted by atomic mass is 9.78. The minimum Gasteiger partial charge on any atom is -0.382 e. The molecule has 2 rings (SSSR count). The molecule has 2 amide bonds. The summed E-state index contributed by atoms with van der Waals surface area (Å²) in [6, 6.07) is 8.26. The first-order valence-corrected chi connectivity index (χ1v) is 7.45. The molecule has 20 heavy (non-hydrogen) atoms. The molecule has 1 aromatic carbocycles. The van der Waals surface area contributed by atoms with Gasteiger partial charge in [0.05, 0.1) is 0 Å². The second-order valence-electron chi connectivity index (χ2n) is 5.84. The molecule has 4 heteroatoms. The van der Waals surface area contributed by atoms with E-state index in [9.17, 15) is 4.79 Å². The third-order valence-corrected chi connectivity index (χ3v) is 4.25. The van der Waals surface area contributed by atoms with Crippen LogP contribution >= 0.6 is 0 Å². The quantitative estimate of drug-likeness (QED) is 0.788. The Morgan fingerprint density at radius 1 is 1.05 bits per heavy atom. The zero-order valence-electron chi connectivity index (χ0n) is 12.6. The van der Waals surface area contributed by atoms with Gasteiger partial charge in [-0.1, -0.05) is 20.3 Å². The van der Waals surface area contributed by atoms with Gasteiger partial charge in [-0.2, -0.15) is 0 Å². The lowest BCUT2D eigenvalue weighted by Gasteiger charge is -2.36. The van der Waals surface area contributed by atoms with E-state index in [0.29, 0.717) is 17.9 Å². The molecule has 110 valence electrons. The molecule has 0 spiro atoms. The van der Waals surface area contributed by atoms with Crippen molar-refractivity contribution in [3.05, 3.63) is 24.3 Å². The summed E-state index contributed by atoms with van der Waals surface area (Å²) < 4.78 is 0. The van der Waals surface area contributed by atoms with Crippen molar-refractivity contribution < 1.29 is 4.79 Å². The predicted octanol–water partition coefficient (Wildman–Crippen LogP) is 3.67. The van der Waals surface area contributed by atoms with E-state index in [2.05, 4.69) is 29.8 Å². The standard InChI is InChI=1S/C16H25N3O/c1-11-5-4-6-12(2)15(11)18-13-7-9-14(10-8-13)19-16(20)17-3/h7-12,15,18H,4-6H2,1-3H3,(H2,17,19,20). The smallest absolute Gasteiger partial charge is 0.318 e. The Balaban J connectivity index is 1.97. The van der Waals surface area contributed by atoms with Crippen molar-refractivity contribution in [1.82, 2.24) is 5.32 Å². The van der Waals surface area contributed by atoms with Crippen LogP contribution in [0.25, 0.3) is 0 Å². The van der Waals surface area contributed by atoms with E-state index < -0.39 is 0 Å². The van der Waals surface area contributed by atoms with E-state index in [4.69, 9.17) is 0 Å². The molecule has 0 heterocycles. The second-order valence-corrected chi connectivity index (χ2v) is 5.84. The van der Waals surface area contributed by atoms with Crippen LogP contribution < -0.4 is 16.0 Å². The van der Waals surface area contributed by atoms with Gasteiger partial charge in [0.2, 0.25) is 0 Å². The lowest BCUT2D eigenvalue weighted by Crippen LogP contribution is -2.37. The van der Waals surface area contributed by atoms with Crippen LogP contribution in [0.3, 0.4) is 0 Å². The Labute approximate surface area is 121 Å². The fourth-order valence-corrected chi connectivity index (χ4v) is 3.00. The summed E-state index contributed by atoms with van der Waals surface area (Å²) in [7, 11) is 1.61. The Morgan fingerprint density at radius 3 is 2.15 bits per heavy atom. The Kier molecular flexibility index (Phi) is 4.88. The highest BCUT2D eigenvalue weighted by Crippen LogP contribution is 2.31. The third-order valence-electron chi connectivity index (χ3n) is 4.25. The van der Waals surface area contributed by atoms with E-state index in [0.717, 1.165) is 11.4 Å². The van der Waals surface area contributed by atoms with Crippen molar-refractivity contribution in [3.63, 3.8) is 0 Å². The minimum absolute atomic E-state index is 0.194. The number of nitrogens with one attached hydrogen (secondary N) is 3. The molecule has 3 N–H and O–H groups in total. The summed E-state index contributed by atoms with van der Waals surface area (Å²) in [4.78, 5) is 11.2. The van der Waals surface area contributed by atoms with Crippen molar-refractivity contribution in [3.8, 4) is 0 Å². The van der Waals surface area contributed by atoms with E-state index in [-0.39, 0.29) is 6.03 Å². The maximum atomic E-state index is 11.2. The topological polar surface area (TPSA) is 53.2 Å². The molecule has 4 nitrogen and oxygen atoms in total. The highest BCUT2D eigenvalue weighted by molar-refractivity contribution is 5.89. The van der Waals surface area contributed by atoms with Crippen molar-refractivity contribution in [2.24, 2.45) is 11.8 Å². The van der Waals surface area contributed by atoms with Crippen molar-refractivity contribution in [2.45, 2.75) is 39.2 Å². The number of amides is 2. The molecule has 0 bridgehead atoms. The summed E-state index contributed by atoms with van der Waals surface area (Å²) >= 11 is 0. The molecule has 2 unspecified atom stereocenters. The van der Waals surface area contributed by atoms with Crippen molar-refractivity contribution in [1.29, 1.82) is 0 Å². The zero-order chi connectivity index (χ0) is 14.5. The molecule has 0 saturated heterocycles. The van der Waals surface area contributed by atoms with Gasteiger partial charge in [0.1, 0.15) is 0 Å². The molecule has 1 saturated carbocycles. The SMILES string of the molecule is CNC(=O)Nc1ccc(NC2C(C)CCCC2C)cc1. The van der Waals surface area contributed by atoms with Gasteiger partial charge in [0.15, 0.2) is 0 Å². The Bertz CT molecular complexity index is 434. The largest absolute Gasteiger partial charge is 0.382 e. The van der Waals surface area contributed by atoms with Gasteiger partial charge in [-0.05, 0) is 48.9 Å². The van der Waals surface area contributed by atoms with Crippen LogP contribution in [0.1, 0.15) is 33.1 Å². The van der Waals surface area contributed by atoms with Crippen LogP contribution in [-0.4, -0.2) is 19.1 Å². The molecule has 1 aliphatic carbocycles. The molecule has 0 aromatic heterocycles. The first kappa shape index (κ1) is 14.7. The molecule has 1 aromatic rings. The highest BCUT2D eigenvalue weighted by atomic mass is 16.2. The van der Waals surface area contributed by atoms with E-state index in [1.54, 1.807) is 7.05 Å². The van der Waals surface area contributed by atoms with E-state index in [1.807, 2.05) is 24.3 Å². The van der Waals surface area contributed by atoms with Gasteiger partial charge in [0, 0.05) is 24.5 Å². The van der Waals surface area contributed by atoms with Gasteiger partial charge in [0.25, 0.3) is 0 Å². The second kappa shape index (κ2) is 6.64. The number of carbonyl (C=O) groups excluding carboxylic acids is 1. The number of urea groups is 1. The van der Waals surface area contributed by atoms with Crippen LogP contribution in [0, 0.1) is 11.8 Å². The van der Waals surface area contributed by atoms with Crippen LogP contribution in [0.5, 0.6) is 0 Å². The summed E-state index contributed by atoms with van der Waals surface area (Å²) in [5.74, 6) is 1.42. The van der Waals surface area contributed by atoms with Gasteiger partial charge >= 0.3 is 6.03 Å². The lowest BCUT2D eigenvalue weighted by molar-refractivity contribution is 0.254. The van der Waals surface area contributed by atoms with E-state index >= 15 is 0 Å². The molecule has 1 aliphatic rings. The van der Waals surface area contributed by atoms with Crippen molar-refractivity contribution >= 4 is 17.4 Å².